The smallest absolute Gasteiger partial charge is 0.204 e. The molecule has 0 aliphatic rings. The van der Waals surface area contributed by atoms with Crippen LogP contribution in [-0.4, -0.2) is 16.1 Å². The second-order valence-electron chi connectivity index (χ2n) is 5.34. The Hall–Kier alpha value is -2.16. The van der Waals surface area contributed by atoms with Gasteiger partial charge in [0.2, 0.25) is 7.29 Å². The number of aryl methyl sites for hydroxylation is 1. The lowest BCUT2D eigenvalue weighted by Crippen LogP contribution is -2.28. The van der Waals surface area contributed by atoms with Gasteiger partial charge in [0.1, 0.15) is 0 Å². The van der Waals surface area contributed by atoms with E-state index < -0.39 is 7.29 Å². The van der Waals surface area contributed by atoms with Gasteiger partial charge in [-0.3, -0.25) is 9.65 Å². The van der Waals surface area contributed by atoms with Gasteiger partial charge in [0.15, 0.2) is 0 Å². The SMILES string of the molecule is O=P(NCCCn1ccnc1)(c1ccccc1)c1ccccc1. The van der Waals surface area contributed by atoms with Crippen LogP contribution in [0.25, 0.3) is 0 Å². The molecule has 23 heavy (non-hydrogen) atoms. The fourth-order valence-corrected chi connectivity index (χ4v) is 4.84. The van der Waals surface area contributed by atoms with Crippen LogP contribution in [0.4, 0.5) is 0 Å². The van der Waals surface area contributed by atoms with E-state index in [1.165, 1.54) is 0 Å². The summed E-state index contributed by atoms with van der Waals surface area (Å²) >= 11 is 0. The highest BCUT2D eigenvalue weighted by Gasteiger charge is 2.25. The van der Waals surface area contributed by atoms with Crippen LogP contribution in [0.2, 0.25) is 0 Å². The number of nitrogens with zero attached hydrogens (tertiary/aromatic N) is 2. The molecule has 0 amide bonds. The van der Waals surface area contributed by atoms with Gasteiger partial charge in [-0.25, -0.2) is 4.98 Å². The van der Waals surface area contributed by atoms with Crippen molar-refractivity contribution < 1.29 is 4.57 Å². The Bertz CT molecular complexity index is 714. The van der Waals surface area contributed by atoms with Gasteiger partial charge in [-0.15, -0.1) is 0 Å². The molecule has 0 fully saturated rings. The van der Waals surface area contributed by atoms with Crippen LogP contribution < -0.4 is 15.7 Å². The predicted molar refractivity (Wildman–Crippen MR) is 94.6 cm³/mol. The van der Waals surface area contributed by atoms with E-state index in [-0.39, 0.29) is 0 Å². The van der Waals surface area contributed by atoms with Crippen LogP contribution in [0.3, 0.4) is 0 Å². The summed E-state index contributed by atoms with van der Waals surface area (Å²) in [5.41, 5.74) is 0. The zero-order valence-electron chi connectivity index (χ0n) is 12.9. The highest BCUT2D eigenvalue weighted by molar-refractivity contribution is 7.76. The topological polar surface area (TPSA) is 46.9 Å². The minimum atomic E-state index is -2.81. The summed E-state index contributed by atoms with van der Waals surface area (Å²) in [6.07, 6.45) is 6.40. The van der Waals surface area contributed by atoms with E-state index in [9.17, 15) is 4.57 Å². The van der Waals surface area contributed by atoms with Gasteiger partial charge in [-0.1, -0.05) is 36.4 Å². The van der Waals surface area contributed by atoms with Gasteiger partial charge in [-0.2, -0.15) is 0 Å². The standard InChI is InChI=1S/C18H20N3OP/c22-23(17-8-3-1-4-9-17,18-10-5-2-6-11-18)20-12-7-14-21-15-13-19-16-21/h1-6,8-11,13,15-16H,7,12,14H2,(H,20,22). The van der Waals surface area contributed by atoms with Crippen molar-refractivity contribution in [3.63, 3.8) is 0 Å². The Morgan fingerprint density at radius 1 is 0.957 bits per heavy atom. The van der Waals surface area contributed by atoms with Crippen molar-refractivity contribution in [3.8, 4) is 0 Å². The molecule has 3 rings (SSSR count). The van der Waals surface area contributed by atoms with E-state index in [4.69, 9.17) is 0 Å². The summed E-state index contributed by atoms with van der Waals surface area (Å²) in [6.45, 7) is 1.54. The maximum atomic E-state index is 13.6. The molecule has 0 saturated heterocycles. The molecule has 0 aliphatic heterocycles. The van der Waals surface area contributed by atoms with Crippen LogP contribution in [0, 0.1) is 0 Å². The molecule has 3 aromatic rings. The minimum absolute atomic E-state index is 0.680. The molecule has 1 aromatic heterocycles. The number of rotatable bonds is 7. The largest absolute Gasteiger partial charge is 0.337 e. The van der Waals surface area contributed by atoms with Crippen molar-refractivity contribution in [1.82, 2.24) is 14.6 Å². The van der Waals surface area contributed by atoms with Crippen molar-refractivity contribution in [3.05, 3.63) is 79.4 Å². The Morgan fingerprint density at radius 3 is 2.09 bits per heavy atom. The van der Waals surface area contributed by atoms with Crippen molar-refractivity contribution in [2.24, 2.45) is 0 Å². The molecule has 118 valence electrons. The average molecular weight is 325 g/mol. The second kappa shape index (κ2) is 7.40. The molecular weight excluding hydrogens is 305 g/mol. The quantitative estimate of drug-likeness (QED) is 0.537. The summed E-state index contributed by atoms with van der Waals surface area (Å²) in [5, 5.41) is 5.00. The maximum absolute atomic E-state index is 13.6. The normalized spacial score (nSPS) is 11.5. The summed E-state index contributed by atoms with van der Waals surface area (Å²) in [7, 11) is -2.81. The van der Waals surface area contributed by atoms with E-state index in [1.54, 1.807) is 12.5 Å². The molecule has 2 aromatic carbocycles. The molecular formula is C18H20N3OP. The predicted octanol–water partition coefficient (Wildman–Crippen LogP) is 2.79. The summed E-state index contributed by atoms with van der Waals surface area (Å²) in [5.74, 6) is 0. The number of imidazole rings is 1. The van der Waals surface area contributed by atoms with Gasteiger partial charge < -0.3 is 4.57 Å². The first-order valence-electron chi connectivity index (χ1n) is 7.71. The molecule has 0 spiro atoms. The molecule has 0 saturated carbocycles. The fraction of sp³-hybridized carbons (Fsp3) is 0.167. The average Bonchev–Trinajstić information content (AvgIpc) is 3.13. The van der Waals surface area contributed by atoms with Crippen LogP contribution in [0.15, 0.2) is 79.4 Å². The minimum Gasteiger partial charge on any atom is -0.337 e. The molecule has 0 bridgehead atoms. The molecule has 5 heteroatoms. The molecule has 0 atom stereocenters. The van der Waals surface area contributed by atoms with Crippen molar-refractivity contribution in [2.75, 3.05) is 6.54 Å². The highest BCUT2D eigenvalue weighted by Crippen LogP contribution is 2.38. The Morgan fingerprint density at radius 2 is 1.57 bits per heavy atom. The third-order valence-electron chi connectivity index (χ3n) is 3.73. The van der Waals surface area contributed by atoms with Crippen molar-refractivity contribution >= 4 is 17.9 Å². The third kappa shape index (κ3) is 3.79. The van der Waals surface area contributed by atoms with E-state index in [0.29, 0.717) is 6.54 Å². The summed E-state index contributed by atoms with van der Waals surface area (Å²) in [6, 6.07) is 19.3. The van der Waals surface area contributed by atoms with Crippen LogP contribution in [0.5, 0.6) is 0 Å². The Balaban J connectivity index is 1.75. The van der Waals surface area contributed by atoms with Crippen molar-refractivity contribution in [1.29, 1.82) is 0 Å². The van der Waals surface area contributed by atoms with Crippen LogP contribution >= 0.6 is 7.29 Å². The van der Waals surface area contributed by atoms with E-state index in [0.717, 1.165) is 23.6 Å². The van der Waals surface area contributed by atoms with Gasteiger partial charge in [-0.05, 0) is 30.7 Å². The second-order valence-corrected chi connectivity index (χ2v) is 7.91. The fourth-order valence-electron chi connectivity index (χ4n) is 2.52. The number of nitrogens with one attached hydrogen (secondary N) is 1. The maximum Gasteiger partial charge on any atom is 0.204 e. The summed E-state index contributed by atoms with van der Waals surface area (Å²) < 4.78 is 15.7. The number of hydrogen-bond donors (Lipinski definition) is 1. The van der Waals surface area contributed by atoms with E-state index >= 15 is 0 Å². The van der Waals surface area contributed by atoms with Gasteiger partial charge >= 0.3 is 0 Å². The molecule has 1 heterocycles. The Kier molecular flexibility index (Phi) is 5.06. The molecule has 0 aliphatic carbocycles. The van der Waals surface area contributed by atoms with Crippen LogP contribution in [-0.2, 0) is 11.1 Å². The summed E-state index contributed by atoms with van der Waals surface area (Å²) in [4.78, 5) is 4.03. The number of hydrogen-bond acceptors (Lipinski definition) is 2. The van der Waals surface area contributed by atoms with E-state index in [2.05, 4.69) is 10.1 Å². The van der Waals surface area contributed by atoms with Gasteiger partial charge in [0.05, 0.1) is 6.33 Å². The highest BCUT2D eigenvalue weighted by atomic mass is 31.2. The third-order valence-corrected chi connectivity index (χ3v) is 6.45. The molecule has 0 unspecified atom stereocenters. The zero-order chi connectivity index (χ0) is 16.0. The molecule has 0 radical (unpaired) electrons. The van der Waals surface area contributed by atoms with Crippen molar-refractivity contribution in [2.45, 2.75) is 13.0 Å². The zero-order valence-corrected chi connectivity index (χ0v) is 13.8. The Labute approximate surface area is 136 Å². The lowest BCUT2D eigenvalue weighted by molar-refractivity contribution is 0.570. The first kappa shape index (κ1) is 15.7. The molecule has 4 nitrogen and oxygen atoms in total. The first-order chi connectivity index (χ1) is 11.3. The first-order valence-corrected chi connectivity index (χ1v) is 9.42. The lowest BCUT2D eigenvalue weighted by Gasteiger charge is -2.20. The number of benzene rings is 2. The van der Waals surface area contributed by atoms with Gasteiger partial charge in [0, 0.05) is 36.1 Å². The molecule has 1 N–H and O–H groups in total. The van der Waals surface area contributed by atoms with Gasteiger partial charge in [0.25, 0.3) is 0 Å². The van der Waals surface area contributed by atoms with E-state index in [1.807, 2.05) is 71.4 Å². The van der Waals surface area contributed by atoms with Crippen LogP contribution in [0.1, 0.15) is 6.42 Å². The lowest BCUT2D eigenvalue weighted by atomic mass is 10.4. The monoisotopic (exact) mass is 325 g/mol. The number of aromatic nitrogens is 2.